The largest absolute Gasteiger partial charge is 0.496 e. The molecule has 1 aliphatic rings. The molecule has 0 bridgehead atoms. The molecular formula is C16H25NO2. The maximum atomic E-state index is 6.04. The van der Waals surface area contributed by atoms with Gasteiger partial charge in [0.25, 0.3) is 0 Å². The third kappa shape index (κ3) is 3.63. The van der Waals surface area contributed by atoms with Gasteiger partial charge in [-0.3, -0.25) is 0 Å². The van der Waals surface area contributed by atoms with E-state index < -0.39 is 0 Å². The summed E-state index contributed by atoms with van der Waals surface area (Å²) in [6.07, 6.45) is 6.63. The van der Waals surface area contributed by atoms with Crippen molar-refractivity contribution < 1.29 is 9.47 Å². The number of hydrogen-bond donors (Lipinski definition) is 1. The maximum Gasteiger partial charge on any atom is 0.127 e. The number of hydrogen-bond acceptors (Lipinski definition) is 3. The number of benzene rings is 1. The molecule has 0 spiro atoms. The average molecular weight is 263 g/mol. The van der Waals surface area contributed by atoms with Crippen LogP contribution in [0, 0.1) is 5.92 Å². The van der Waals surface area contributed by atoms with E-state index >= 15 is 0 Å². The van der Waals surface area contributed by atoms with Gasteiger partial charge in [0.05, 0.1) is 19.3 Å². The summed E-state index contributed by atoms with van der Waals surface area (Å²) in [5.41, 5.74) is 7.01. The van der Waals surface area contributed by atoms with E-state index in [0.29, 0.717) is 5.92 Å². The van der Waals surface area contributed by atoms with Crippen molar-refractivity contribution in [1.82, 2.24) is 0 Å². The molecule has 1 aromatic carbocycles. The van der Waals surface area contributed by atoms with Crippen molar-refractivity contribution in [2.75, 3.05) is 13.7 Å². The van der Waals surface area contributed by atoms with Crippen molar-refractivity contribution in [1.29, 1.82) is 0 Å². The smallest absolute Gasteiger partial charge is 0.127 e. The molecule has 3 nitrogen and oxygen atoms in total. The highest BCUT2D eigenvalue weighted by Gasteiger charge is 2.17. The van der Waals surface area contributed by atoms with Crippen LogP contribution in [-0.4, -0.2) is 13.7 Å². The van der Waals surface area contributed by atoms with Gasteiger partial charge in [-0.2, -0.15) is 0 Å². The van der Waals surface area contributed by atoms with E-state index in [1.165, 1.54) is 32.1 Å². The summed E-state index contributed by atoms with van der Waals surface area (Å²) in [4.78, 5) is 0. The molecule has 1 atom stereocenters. The summed E-state index contributed by atoms with van der Waals surface area (Å²) in [7, 11) is 1.67. The molecule has 1 aromatic rings. The zero-order valence-corrected chi connectivity index (χ0v) is 12.0. The van der Waals surface area contributed by atoms with E-state index in [9.17, 15) is 0 Å². The minimum atomic E-state index is -0.0856. The van der Waals surface area contributed by atoms with Crippen molar-refractivity contribution in [3.05, 3.63) is 23.8 Å². The minimum Gasteiger partial charge on any atom is -0.496 e. The summed E-state index contributed by atoms with van der Waals surface area (Å²) in [5, 5.41) is 0. The lowest BCUT2D eigenvalue weighted by atomic mass is 9.90. The van der Waals surface area contributed by atoms with Crippen LogP contribution in [0.3, 0.4) is 0 Å². The van der Waals surface area contributed by atoms with Crippen LogP contribution >= 0.6 is 0 Å². The van der Waals surface area contributed by atoms with Crippen molar-refractivity contribution in [3.8, 4) is 11.5 Å². The SMILES string of the molecule is COc1cccc(OCC2CCCCC2)c1[C@H](C)N. The Morgan fingerprint density at radius 3 is 2.53 bits per heavy atom. The molecule has 19 heavy (non-hydrogen) atoms. The fourth-order valence-corrected chi connectivity index (χ4v) is 2.84. The Kier molecular flexibility index (Phi) is 5.08. The van der Waals surface area contributed by atoms with Crippen molar-refractivity contribution in [2.45, 2.75) is 45.1 Å². The molecule has 2 N–H and O–H groups in total. The summed E-state index contributed by atoms with van der Waals surface area (Å²) < 4.78 is 11.4. The van der Waals surface area contributed by atoms with Crippen molar-refractivity contribution >= 4 is 0 Å². The highest BCUT2D eigenvalue weighted by molar-refractivity contribution is 5.46. The highest BCUT2D eigenvalue weighted by atomic mass is 16.5. The lowest BCUT2D eigenvalue weighted by Gasteiger charge is -2.23. The minimum absolute atomic E-state index is 0.0856. The monoisotopic (exact) mass is 263 g/mol. The molecule has 1 aliphatic carbocycles. The number of nitrogens with two attached hydrogens (primary N) is 1. The van der Waals surface area contributed by atoms with Gasteiger partial charge in [-0.05, 0) is 37.8 Å². The van der Waals surface area contributed by atoms with Gasteiger partial charge in [-0.15, -0.1) is 0 Å². The van der Waals surface area contributed by atoms with Crippen LogP contribution in [0.1, 0.15) is 50.6 Å². The molecule has 1 saturated carbocycles. The second-order valence-corrected chi connectivity index (χ2v) is 5.48. The lowest BCUT2D eigenvalue weighted by molar-refractivity contribution is 0.206. The Morgan fingerprint density at radius 1 is 1.21 bits per heavy atom. The van der Waals surface area contributed by atoms with E-state index in [1.54, 1.807) is 7.11 Å². The molecule has 2 rings (SSSR count). The van der Waals surface area contributed by atoms with E-state index in [-0.39, 0.29) is 6.04 Å². The van der Waals surface area contributed by atoms with Gasteiger partial charge in [-0.25, -0.2) is 0 Å². The summed E-state index contributed by atoms with van der Waals surface area (Å²) in [6, 6.07) is 5.80. The summed E-state index contributed by atoms with van der Waals surface area (Å²) >= 11 is 0. The molecule has 3 heteroatoms. The van der Waals surface area contributed by atoms with E-state index in [4.69, 9.17) is 15.2 Å². The van der Waals surface area contributed by atoms with Gasteiger partial charge in [0, 0.05) is 6.04 Å². The predicted octanol–water partition coefficient (Wildman–Crippen LogP) is 3.67. The summed E-state index contributed by atoms with van der Waals surface area (Å²) in [6.45, 7) is 2.76. The van der Waals surface area contributed by atoms with Gasteiger partial charge < -0.3 is 15.2 Å². The van der Waals surface area contributed by atoms with Gasteiger partial charge in [0.2, 0.25) is 0 Å². The van der Waals surface area contributed by atoms with E-state index in [2.05, 4.69) is 0 Å². The molecule has 0 unspecified atom stereocenters. The first-order chi connectivity index (χ1) is 9.22. The van der Waals surface area contributed by atoms with Crippen LogP contribution in [0.4, 0.5) is 0 Å². The maximum absolute atomic E-state index is 6.04. The van der Waals surface area contributed by atoms with E-state index in [0.717, 1.165) is 23.7 Å². The Bertz CT molecular complexity index is 398. The fraction of sp³-hybridized carbons (Fsp3) is 0.625. The Morgan fingerprint density at radius 2 is 1.89 bits per heavy atom. The van der Waals surface area contributed by atoms with Crippen LogP contribution in [0.2, 0.25) is 0 Å². The topological polar surface area (TPSA) is 44.5 Å². The van der Waals surface area contributed by atoms with Gasteiger partial charge in [0.15, 0.2) is 0 Å². The van der Waals surface area contributed by atoms with Crippen LogP contribution < -0.4 is 15.2 Å². The fourth-order valence-electron chi connectivity index (χ4n) is 2.84. The molecular weight excluding hydrogens is 238 g/mol. The molecule has 0 amide bonds. The number of rotatable bonds is 5. The molecule has 0 heterocycles. The Labute approximate surface area is 116 Å². The first-order valence-corrected chi connectivity index (χ1v) is 7.27. The zero-order valence-electron chi connectivity index (χ0n) is 12.0. The van der Waals surface area contributed by atoms with Crippen LogP contribution in [0.15, 0.2) is 18.2 Å². The van der Waals surface area contributed by atoms with Crippen LogP contribution in [0.5, 0.6) is 11.5 Å². The second-order valence-electron chi connectivity index (χ2n) is 5.48. The first-order valence-electron chi connectivity index (χ1n) is 7.27. The summed E-state index contributed by atoms with van der Waals surface area (Å²) in [5.74, 6) is 2.39. The highest BCUT2D eigenvalue weighted by Crippen LogP contribution is 2.34. The molecule has 0 radical (unpaired) electrons. The second kappa shape index (κ2) is 6.80. The number of ether oxygens (including phenoxy) is 2. The Balaban J connectivity index is 2.06. The number of methoxy groups -OCH3 is 1. The van der Waals surface area contributed by atoms with Gasteiger partial charge in [0.1, 0.15) is 11.5 Å². The standard InChI is InChI=1S/C16H25NO2/c1-12(17)16-14(18-2)9-6-10-15(16)19-11-13-7-4-3-5-8-13/h6,9-10,12-13H,3-5,7-8,11,17H2,1-2H3/t12-/m0/s1. The quantitative estimate of drug-likeness (QED) is 0.881. The molecule has 0 aliphatic heterocycles. The lowest BCUT2D eigenvalue weighted by Crippen LogP contribution is -2.17. The molecule has 1 fully saturated rings. The van der Waals surface area contributed by atoms with Crippen LogP contribution in [-0.2, 0) is 0 Å². The zero-order chi connectivity index (χ0) is 13.7. The molecule has 0 aromatic heterocycles. The third-order valence-electron chi connectivity index (χ3n) is 3.90. The van der Waals surface area contributed by atoms with Crippen molar-refractivity contribution in [3.63, 3.8) is 0 Å². The normalized spacial score (nSPS) is 18.1. The Hall–Kier alpha value is -1.22. The van der Waals surface area contributed by atoms with Crippen LogP contribution in [0.25, 0.3) is 0 Å². The average Bonchev–Trinajstić information content (AvgIpc) is 2.45. The van der Waals surface area contributed by atoms with Gasteiger partial charge >= 0.3 is 0 Å². The van der Waals surface area contributed by atoms with Crippen molar-refractivity contribution in [2.24, 2.45) is 11.7 Å². The van der Waals surface area contributed by atoms with E-state index in [1.807, 2.05) is 25.1 Å². The first kappa shape index (κ1) is 14.2. The van der Waals surface area contributed by atoms with Gasteiger partial charge in [-0.1, -0.05) is 25.3 Å². The third-order valence-corrected chi connectivity index (χ3v) is 3.90. The predicted molar refractivity (Wildman–Crippen MR) is 77.7 cm³/mol. The molecule has 0 saturated heterocycles. The molecule has 106 valence electrons.